The average molecular weight is 665 g/mol. The van der Waals surface area contributed by atoms with Crippen LogP contribution >= 0.6 is 23.8 Å². The molecule has 236 valence electrons. The summed E-state index contributed by atoms with van der Waals surface area (Å²) in [5.74, 6) is 0.0712. The van der Waals surface area contributed by atoms with Crippen molar-refractivity contribution >= 4 is 40.8 Å². The van der Waals surface area contributed by atoms with Crippen molar-refractivity contribution < 1.29 is 47.3 Å². The van der Waals surface area contributed by atoms with Crippen LogP contribution in [0, 0.1) is 6.92 Å². The number of H-pyrrole nitrogens is 1. The largest absolute Gasteiger partial charge is 0.473 e. The molecule has 2 aliphatic heterocycles. The van der Waals surface area contributed by atoms with Gasteiger partial charge in [0.05, 0.1) is 19.5 Å². The molecule has 43 heavy (non-hydrogen) atoms. The molecule has 0 aromatic carbocycles. The first-order valence-corrected chi connectivity index (χ1v) is 17.9. The van der Waals surface area contributed by atoms with Crippen LogP contribution in [-0.2, 0) is 32.2 Å². The molecule has 5 rings (SSSR count). The number of nitrogens with one attached hydrogen (secondary N) is 1. The van der Waals surface area contributed by atoms with Crippen molar-refractivity contribution in [1.82, 2.24) is 29.1 Å². The van der Waals surface area contributed by atoms with E-state index in [-0.39, 0.29) is 29.0 Å². The molecule has 0 saturated carbocycles. The number of hydrogen-bond donors (Lipinski definition) is 5. The van der Waals surface area contributed by atoms with Crippen molar-refractivity contribution in [3.63, 3.8) is 0 Å². The zero-order valence-corrected chi connectivity index (χ0v) is 25.6. The van der Waals surface area contributed by atoms with E-state index >= 15 is 0 Å². The van der Waals surface area contributed by atoms with E-state index in [1.807, 2.05) is 8.93 Å². The van der Waals surface area contributed by atoms with Crippen LogP contribution in [-0.4, -0.2) is 94.6 Å². The molecule has 19 nitrogen and oxygen atoms in total. The Morgan fingerprint density at radius 1 is 1.19 bits per heavy atom. The van der Waals surface area contributed by atoms with Crippen LogP contribution in [0.2, 0.25) is 0 Å². The highest BCUT2D eigenvalue weighted by atomic mass is 32.0. The van der Waals surface area contributed by atoms with E-state index in [1.165, 1.54) is 37.0 Å². The van der Waals surface area contributed by atoms with E-state index in [2.05, 4.69) is 19.9 Å². The van der Waals surface area contributed by atoms with Crippen LogP contribution in [0.5, 0.6) is 0 Å². The van der Waals surface area contributed by atoms with Gasteiger partial charge in [-0.1, -0.05) is 0 Å². The molecule has 5 unspecified atom stereocenters. The first kappa shape index (κ1) is 32.0. The minimum absolute atomic E-state index is 0.0712. The van der Waals surface area contributed by atoms with E-state index in [4.69, 9.17) is 28.8 Å². The molecule has 0 spiro atoms. The van der Waals surface area contributed by atoms with Gasteiger partial charge in [-0.15, -0.1) is 0 Å². The monoisotopic (exact) mass is 665 g/mol. The number of hydrogen-bond acceptors (Lipinski definition) is 15. The van der Waals surface area contributed by atoms with E-state index < -0.39 is 82.3 Å². The van der Waals surface area contributed by atoms with Gasteiger partial charge in [-0.05, 0) is 15.9 Å². The zero-order chi connectivity index (χ0) is 31.3. The summed E-state index contributed by atoms with van der Waals surface area (Å²) in [6.45, 7) is 1.73. The summed E-state index contributed by atoms with van der Waals surface area (Å²) < 4.78 is 55.5. The van der Waals surface area contributed by atoms with Gasteiger partial charge in [-0.25, -0.2) is 24.3 Å². The van der Waals surface area contributed by atoms with E-state index in [0.717, 1.165) is 4.57 Å². The number of nitrogen functional groups attached to an aromatic ring is 1. The molecule has 2 aliphatic rings. The maximum Gasteiger partial charge on any atom is 0.473 e. The summed E-state index contributed by atoms with van der Waals surface area (Å²) in [7, 11) is -6.16. The lowest BCUT2D eigenvalue weighted by molar-refractivity contribution is -0.0538. The lowest BCUT2D eigenvalue weighted by Crippen LogP contribution is -2.36. The summed E-state index contributed by atoms with van der Waals surface area (Å²) in [6.07, 6.45) is -5.63. The number of aliphatic hydroxyl groups excluding tert-OH is 2. The van der Waals surface area contributed by atoms with Crippen LogP contribution in [0.25, 0.3) is 11.2 Å². The molecule has 10 atom stereocenters. The standard InChI is InChI=1S/C21H30N7O12P3/c1-9-4-27(21(32)26-19(9)31)13-3-10(11(5-29)37-13)39-43(34,35)40-16-12(6-36-42(2,33)41)38-20(15(16)30)28-8-25-14-17(22)23-7-24-18(14)28/h4,7-8,10-13,15-16,20,29-30H,3,5-6,41H2,1-2H3,(H,34,35)(H2,22,23,24)(H,26,31,32)/t10?,11-,12+,13-,15-,16?,20+,42?/m0/s1. The van der Waals surface area contributed by atoms with Gasteiger partial charge in [0.25, 0.3) is 5.56 Å². The van der Waals surface area contributed by atoms with Crippen molar-refractivity contribution in [1.29, 1.82) is 0 Å². The van der Waals surface area contributed by atoms with Crippen molar-refractivity contribution in [2.24, 2.45) is 0 Å². The Kier molecular flexibility index (Phi) is 9.07. The predicted molar refractivity (Wildman–Crippen MR) is 150 cm³/mol. The number of aromatic nitrogens is 6. The number of rotatable bonds is 10. The lowest BCUT2D eigenvalue weighted by atomic mass is 10.1. The molecular weight excluding hydrogens is 635 g/mol. The second-order valence-electron chi connectivity index (χ2n) is 10.1. The number of aryl methyl sites for hydroxylation is 1. The molecule has 22 heteroatoms. The summed E-state index contributed by atoms with van der Waals surface area (Å²) in [4.78, 5) is 49.1. The number of ether oxygens (including phenoxy) is 2. The minimum atomic E-state index is -5.06. The van der Waals surface area contributed by atoms with Crippen LogP contribution in [0.15, 0.2) is 28.4 Å². The number of anilines is 1. The summed E-state index contributed by atoms with van der Waals surface area (Å²) in [6, 6.07) is 0. The number of aliphatic hydroxyl groups is 2. The molecule has 3 aromatic rings. The molecule has 2 saturated heterocycles. The third-order valence-electron chi connectivity index (χ3n) is 6.81. The summed E-state index contributed by atoms with van der Waals surface area (Å²) in [5.41, 5.74) is 5.10. The fourth-order valence-electron chi connectivity index (χ4n) is 4.79. The molecule has 0 aliphatic carbocycles. The van der Waals surface area contributed by atoms with Crippen LogP contribution in [0.1, 0.15) is 24.4 Å². The van der Waals surface area contributed by atoms with Crippen LogP contribution in [0.4, 0.5) is 5.82 Å². The Balaban J connectivity index is 1.37. The van der Waals surface area contributed by atoms with Crippen molar-refractivity contribution in [3.05, 3.63) is 45.3 Å². The van der Waals surface area contributed by atoms with Gasteiger partial charge in [-0.2, -0.15) is 0 Å². The highest BCUT2D eigenvalue weighted by Gasteiger charge is 2.51. The molecule has 0 bridgehead atoms. The number of imidazole rings is 1. The molecule has 6 N–H and O–H groups in total. The van der Waals surface area contributed by atoms with E-state index in [0.29, 0.717) is 0 Å². The Labute approximate surface area is 244 Å². The molecule has 2 fully saturated rings. The lowest BCUT2D eigenvalue weighted by Gasteiger charge is -2.25. The van der Waals surface area contributed by atoms with Gasteiger partial charge >= 0.3 is 13.5 Å². The molecule has 0 radical (unpaired) electrons. The number of phosphoric acid groups is 1. The Hall–Kier alpha value is -2.40. The Morgan fingerprint density at radius 2 is 1.93 bits per heavy atom. The third-order valence-corrected chi connectivity index (χ3v) is 8.96. The third kappa shape index (κ3) is 6.82. The first-order chi connectivity index (χ1) is 20.2. The minimum Gasteiger partial charge on any atom is -0.394 e. The molecule has 0 amide bonds. The number of nitrogens with zero attached hydrogens (tertiary/aromatic N) is 5. The Bertz CT molecular complexity index is 1710. The predicted octanol–water partition coefficient (Wildman–Crippen LogP) is -0.609. The highest BCUT2D eigenvalue weighted by molar-refractivity contribution is 8.14. The van der Waals surface area contributed by atoms with Gasteiger partial charge in [-0.3, -0.25) is 32.5 Å². The fourth-order valence-corrected chi connectivity index (χ4v) is 6.67. The number of nitrogens with two attached hydrogens (primary N) is 1. The van der Waals surface area contributed by atoms with Gasteiger partial charge in [0.1, 0.15) is 48.6 Å². The van der Waals surface area contributed by atoms with E-state index in [9.17, 15) is 33.8 Å². The molecular formula is C21H30N7O12P3. The fraction of sp³-hybridized carbons (Fsp3) is 0.571. The maximum absolute atomic E-state index is 13.3. The van der Waals surface area contributed by atoms with Crippen LogP contribution < -0.4 is 17.0 Å². The highest BCUT2D eigenvalue weighted by Crippen LogP contribution is 2.54. The number of phosphoric ester groups is 1. The SMILES string of the molecule is Cc1cn([C@@H]2CC(OP(=O)(O)OC3[C@@H](COP(C)(=O)P)O[C@@H](n4cnc5c(N)ncnc54)[C@H]3O)[C@H](CO)O2)c(=O)[nH]c1=O. The van der Waals surface area contributed by atoms with Crippen molar-refractivity contribution in [2.45, 2.75) is 56.3 Å². The molecule has 3 aromatic heterocycles. The number of fused-ring (bicyclic) bond motifs is 1. The Morgan fingerprint density at radius 3 is 2.63 bits per heavy atom. The normalized spacial score (nSPS) is 30.4. The summed E-state index contributed by atoms with van der Waals surface area (Å²) >= 11 is 0. The van der Waals surface area contributed by atoms with Crippen LogP contribution in [0.3, 0.4) is 0 Å². The van der Waals surface area contributed by atoms with E-state index in [1.54, 1.807) is 0 Å². The van der Waals surface area contributed by atoms with Crippen molar-refractivity contribution in [2.75, 3.05) is 25.6 Å². The van der Waals surface area contributed by atoms with Gasteiger partial charge < -0.3 is 34.8 Å². The number of aromatic amines is 1. The van der Waals surface area contributed by atoms with Gasteiger partial charge in [0.15, 0.2) is 17.7 Å². The van der Waals surface area contributed by atoms with Gasteiger partial charge in [0, 0.05) is 24.8 Å². The second-order valence-corrected chi connectivity index (χ2v) is 16.3. The van der Waals surface area contributed by atoms with Crippen molar-refractivity contribution in [3.8, 4) is 0 Å². The first-order valence-electron chi connectivity index (χ1n) is 12.7. The average Bonchev–Trinajstić information content (AvgIpc) is 3.61. The summed E-state index contributed by atoms with van der Waals surface area (Å²) in [5, 5.41) is 21.1. The van der Waals surface area contributed by atoms with Gasteiger partial charge in [0.2, 0.25) is 7.06 Å². The maximum atomic E-state index is 13.3. The smallest absolute Gasteiger partial charge is 0.394 e. The second kappa shape index (κ2) is 12.2. The topological polar surface area (TPSA) is 265 Å². The quantitative estimate of drug-likeness (QED) is 0.169. The molecule has 5 heterocycles. The zero-order valence-electron chi connectivity index (χ0n) is 22.7.